The van der Waals surface area contributed by atoms with Crippen LogP contribution < -0.4 is 10.2 Å². The van der Waals surface area contributed by atoms with Crippen molar-refractivity contribution in [3.8, 4) is 0 Å². The highest BCUT2D eigenvalue weighted by molar-refractivity contribution is 6.00. The number of para-hydroxylation sites is 2. The maximum absolute atomic E-state index is 12.3. The molecule has 3 rings (SSSR count). The van der Waals surface area contributed by atoms with Crippen molar-refractivity contribution >= 4 is 29.2 Å². The first kappa shape index (κ1) is 17.7. The number of carbonyl (C=O) groups excluding carboxylic acids is 3. The molecule has 0 radical (unpaired) electrons. The van der Waals surface area contributed by atoms with Gasteiger partial charge in [0.1, 0.15) is 0 Å². The summed E-state index contributed by atoms with van der Waals surface area (Å²) in [5.41, 5.74) is 2.40. The summed E-state index contributed by atoms with van der Waals surface area (Å²) in [6.45, 7) is 1.81. The fourth-order valence-corrected chi connectivity index (χ4v) is 2.94. The Labute approximate surface area is 151 Å². The predicted molar refractivity (Wildman–Crippen MR) is 97.7 cm³/mol. The molecule has 1 saturated heterocycles. The Balaban J connectivity index is 1.53. The lowest BCUT2D eigenvalue weighted by molar-refractivity contribution is -0.151. The summed E-state index contributed by atoms with van der Waals surface area (Å²) in [4.78, 5) is 38.0. The highest BCUT2D eigenvalue weighted by atomic mass is 16.5. The third-order valence-corrected chi connectivity index (χ3v) is 4.27. The zero-order valence-electron chi connectivity index (χ0n) is 14.5. The molecule has 1 fully saturated rings. The van der Waals surface area contributed by atoms with Crippen LogP contribution in [0.5, 0.6) is 0 Å². The van der Waals surface area contributed by atoms with E-state index in [1.165, 1.54) is 0 Å². The van der Waals surface area contributed by atoms with E-state index in [1.807, 2.05) is 37.3 Å². The lowest BCUT2D eigenvalue weighted by Gasteiger charge is -2.18. The maximum Gasteiger partial charge on any atom is 0.311 e. The number of ether oxygens (including phenoxy) is 1. The standard InChI is InChI=1S/C20H20N2O4/c1-14-7-5-6-10-17(14)22-12-15(11-19(22)24)20(25)26-13-18(23)21-16-8-3-2-4-9-16/h2-10,15H,11-13H2,1H3,(H,21,23)/t15-/m0/s1. The van der Waals surface area contributed by atoms with E-state index < -0.39 is 17.8 Å². The minimum absolute atomic E-state index is 0.0907. The Morgan fingerprint density at radius 1 is 1.12 bits per heavy atom. The van der Waals surface area contributed by atoms with Gasteiger partial charge in [-0.2, -0.15) is 0 Å². The van der Waals surface area contributed by atoms with Crippen molar-refractivity contribution in [2.75, 3.05) is 23.4 Å². The number of hydrogen-bond acceptors (Lipinski definition) is 4. The molecule has 0 aromatic heterocycles. The van der Waals surface area contributed by atoms with Crippen LogP contribution in [0.1, 0.15) is 12.0 Å². The van der Waals surface area contributed by atoms with E-state index in [0.717, 1.165) is 11.3 Å². The van der Waals surface area contributed by atoms with Crippen LogP contribution in [0, 0.1) is 12.8 Å². The van der Waals surface area contributed by atoms with Gasteiger partial charge in [0, 0.05) is 24.3 Å². The summed E-state index contributed by atoms with van der Waals surface area (Å²) in [6, 6.07) is 16.5. The second kappa shape index (κ2) is 7.82. The Morgan fingerprint density at radius 2 is 1.81 bits per heavy atom. The van der Waals surface area contributed by atoms with Gasteiger partial charge in [0.05, 0.1) is 5.92 Å². The number of esters is 1. The maximum atomic E-state index is 12.3. The van der Waals surface area contributed by atoms with Gasteiger partial charge in [-0.05, 0) is 30.7 Å². The fourth-order valence-electron chi connectivity index (χ4n) is 2.94. The van der Waals surface area contributed by atoms with Crippen molar-refractivity contribution in [3.05, 3.63) is 60.2 Å². The molecule has 2 aromatic carbocycles. The van der Waals surface area contributed by atoms with Crippen LogP contribution >= 0.6 is 0 Å². The molecule has 0 aliphatic carbocycles. The van der Waals surface area contributed by atoms with Crippen molar-refractivity contribution in [3.63, 3.8) is 0 Å². The summed E-state index contributed by atoms with van der Waals surface area (Å²) in [7, 11) is 0. The van der Waals surface area contributed by atoms with Crippen molar-refractivity contribution < 1.29 is 19.1 Å². The number of nitrogens with zero attached hydrogens (tertiary/aromatic N) is 1. The van der Waals surface area contributed by atoms with Gasteiger partial charge in [-0.15, -0.1) is 0 Å². The first-order chi connectivity index (χ1) is 12.5. The van der Waals surface area contributed by atoms with Crippen LogP contribution in [0.4, 0.5) is 11.4 Å². The summed E-state index contributed by atoms with van der Waals surface area (Å²) in [6.07, 6.45) is 0.0907. The molecule has 134 valence electrons. The molecule has 2 amide bonds. The Morgan fingerprint density at radius 3 is 2.54 bits per heavy atom. The number of rotatable bonds is 5. The number of anilines is 2. The molecule has 1 aliphatic rings. The van der Waals surface area contributed by atoms with Gasteiger partial charge in [-0.1, -0.05) is 36.4 Å². The first-order valence-corrected chi connectivity index (χ1v) is 8.42. The fraction of sp³-hybridized carbons (Fsp3) is 0.250. The lowest BCUT2D eigenvalue weighted by atomic mass is 10.1. The zero-order chi connectivity index (χ0) is 18.5. The van der Waals surface area contributed by atoms with E-state index in [-0.39, 0.29) is 25.5 Å². The molecule has 0 saturated carbocycles. The Kier molecular flexibility index (Phi) is 5.31. The quantitative estimate of drug-likeness (QED) is 0.839. The van der Waals surface area contributed by atoms with Gasteiger partial charge in [-0.25, -0.2) is 0 Å². The summed E-state index contributed by atoms with van der Waals surface area (Å²) in [5.74, 6) is -1.62. The molecular weight excluding hydrogens is 332 g/mol. The highest BCUT2D eigenvalue weighted by Gasteiger charge is 2.36. The Hall–Kier alpha value is -3.15. The minimum atomic E-state index is -0.563. The molecule has 1 N–H and O–H groups in total. The second-order valence-electron chi connectivity index (χ2n) is 6.21. The van der Waals surface area contributed by atoms with Crippen LogP contribution in [0.15, 0.2) is 54.6 Å². The van der Waals surface area contributed by atoms with Gasteiger partial charge >= 0.3 is 5.97 Å². The number of hydrogen-bond donors (Lipinski definition) is 1. The molecule has 0 bridgehead atoms. The van der Waals surface area contributed by atoms with Gasteiger partial charge in [-0.3, -0.25) is 14.4 Å². The molecule has 6 nitrogen and oxygen atoms in total. The molecule has 1 atom stereocenters. The monoisotopic (exact) mass is 352 g/mol. The number of amides is 2. The van der Waals surface area contributed by atoms with E-state index in [9.17, 15) is 14.4 Å². The largest absolute Gasteiger partial charge is 0.455 e. The average Bonchev–Trinajstić information content (AvgIpc) is 3.02. The van der Waals surface area contributed by atoms with E-state index in [4.69, 9.17) is 4.74 Å². The summed E-state index contributed by atoms with van der Waals surface area (Å²) >= 11 is 0. The molecular formula is C20H20N2O4. The normalized spacial score (nSPS) is 16.4. The van der Waals surface area contributed by atoms with Crippen molar-refractivity contribution in [2.45, 2.75) is 13.3 Å². The van der Waals surface area contributed by atoms with Crippen molar-refractivity contribution in [1.82, 2.24) is 0 Å². The van der Waals surface area contributed by atoms with Crippen LogP contribution in [-0.4, -0.2) is 30.9 Å². The van der Waals surface area contributed by atoms with E-state index in [1.54, 1.807) is 29.2 Å². The smallest absolute Gasteiger partial charge is 0.311 e. The number of benzene rings is 2. The molecule has 0 unspecified atom stereocenters. The summed E-state index contributed by atoms with van der Waals surface area (Å²) in [5, 5.41) is 2.65. The van der Waals surface area contributed by atoms with Crippen molar-refractivity contribution in [2.24, 2.45) is 5.92 Å². The topological polar surface area (TPSA) is 75.7 Å². The van der Waals surface area contributed by atoms with Crippen molar-refractivity contribution in [1.29, 1.82) is 0 Å². The number of nitrogens with one attached hydrogen (secondary N) is 1. The van der Waals surface area contributed by atoms with Crippen LogP contribution in [0.3, 0.4) is 0 Å². The molecule has 1 heterocycles. The van der Waals surface area contributed by atoms with E-state index in [2.05, 4.69) is 5.32 Å². The molecule has 26 heavy (non-hydrogen) atoms. The zero-order valence-corrected chi connectivity index (χ0v) is 14.5. The molecule has 0 spiro atoms. The first-order valence-electron chi connectivity index (χ1n) is 8.42. The van der Waals surface area contributed by atoms with Gasteiger partial charge in [0.15, 0.2) is 6.61 Å². The molecule has 2 aromatic rings. The third-order valence-electron chi connectivity index (χ3n) is 4.27. The van der Waals surface area contributed by atoms with Crippen LogP contribution in [-0.2, 0) is 19.1 Å². The third kappa shape index (κ3) is 4.08. The average molecular weight is 352 g/mol. The van der Waals surface area contributed by atoms with Gasteiger partial charge < -0.3 is 15.0 Å². The molecule has 1 aliphatic heterocycles. The van der Waals surface area contributed by atoms with Crippen LogP contribution in [0.2, 0.25) is 0 Å². The number of aryl methyl sites for hydroxylation is 1. The summed E-state index contributed by atoms with van der Waals surface area (Å²) < 4.78 is 5.09. The number of carbonyl (C=O) groups is 3. The van der Waals surface area contributed by atoms with E-state index >= 15 is 0 Å². The minimum Gasteiger partial charge on any atom is -0.455 e. The van der Waals surface area contributed by atoms with E-state index in [0.29, 0.717) is 5.69 Å². The predicted octanol–water partition coefficient (Wildman–Crippen LogP) is 2.53. The SMILES string of the molecule is Cc1ccccc1N1C[C@@H](C(=O)OCC(=O)Nc2ccccc2)CC1=O. The second-order valence-corrected chi connectivity index (χ2v) is 6.21. The highest BCUT2D eigenvalue weighted by Crippen LogP contribution is 2.28. The van der Waals surface area contributed by atoms with Gasteiger partial charge in [0.2, 0.25) is 5.91 Å². The lowest BCUT2D eigenvalue weighted by Crippen LogP contribution is -2.28. The van der Waals surface area contributed by atoms with Gasteiger partial charge in [0.25, 0.3) is 5.91 Å². The Bertz CT molecular complexity index is 820. The van der Waals surface area contributed by atoms with Crippen LogP contribution in [0.25, 0.3) is 0 Å². The molecule has 6 heteroatoms.